The summed E-state index contributed by atoms with van der Waals surface area (Å²) in [5, 5.41) is 9.42. The predicted molar refractivity (Wildman–Crippen MR) is 79.9 cm³/mol. The first-order valence-electron chi connectivity index (χ1n) is 6.07. The molecule has 0 fully saturated rings. The topological polar surface area (TPSA) is 39.9 Å². The first kappa shape index (κ1) is 13.4. The number of hydrogen-bond donors (Lipinski definition) is 0. The summed E-state index contributed by atoms with van der Waals surface area (Å²) in [6.07, 6.45) is 3.53. The number of thioether (sulfide) groups is 1. The third-order valence-corrected chi connectivity index (χ3v) is 3.75. The molecule has 0 aliphatic heterocycles. The molecule has 19 heavy (non-hydrogen) atoms. The van der Waals surface area contributed by atoms with Gasteiger partial charge in [-0.25, -0.2) is 0 Å². The van der Waals surface area contributed by atoms with Gasteiger partial charge in [-0.05, 0) is 30.0 Å². The second-order valence-corrected chi connectivity index (χ2v) is 5.27. The lowest BCUT2D eigenvalue weighted by Gasteiger charge is -2.21. The molecule has 0 amide bonds. The van der Waals surface area contributed by atoms with Crippen LogP contribution < -0.4 is 4.90 Å². The van der Waals surface area contributed by atoms with Crippen LogP contribution in [0.4, 0.5) is 11.4 Å². The van der Waals surface area contributed by atoms with E-state index in [2.05, 4.69) is 18.0 Å². The maximum absolute atomic E-state index is 9.42. The van der Waals surface area contributed by atoms with E-state index in [4.69, 9.17) is 0 Å². The van der Waals surface area contributed by atoms with E-state index in [1.165, 1.54) is 0 Å². The summed E-state index contributed by atoms with van der Waals surface area (Å²) in [6.45, 7) is 2.09. The van der Waals surface area contributed by atoms with Crippen LogP contribution in [0, 0.1) is 11.3 Å². The minimum Gasteiger partial charge on any atom is -0.342 e. The molecule has 2 aromatic rings. The minimum absolute atomic E-state index is 0.723. The average Bonchev–Trinajstić information content (AvgIpc) is 2.47. The van der Waals surface area contributed by atoms with Crippen LogP contribution in [0.5, 0.6) is 0 Å². The summed E-state index contributed by atoms with van der Waals surface area (Å²) in [4.78, 5) is 7.13. The van der Waals surface area contributed by atoms with Gasteiger partial charge in [-0.1, -0.05) is 13.0 Å². The Labute approximate surface area is 117 Å². The molecule has 0 aliphatic rings. The van der Waals surface area contributed by atoms with Gasteiger partial charge in [0.05, 0.1) is 23.1 Å². The Hall–Kier alpha value is -1.99. The van der Waals surface area contributed by atoms with Gasteiger partial charge in [-0.3, -0.25) is 4.98 Å². The van der Waals surface area contributed by atoms with Crippen molar-refractivity contribution in [2.75, 3.05) is 17.7 Å². The number of nitriles is 1. The number of hydrogen-bond acceptors (Lipinski definition) is 4. The lowest BCUT2D eigenvalue weighted by atomic mass is 10.1. The van der Waals surface area contributed by atoms with E-state index in [0.29, 0.717) is 0 Å². The zero-order valence-electron chi connectivity index (χ0n) is 11.0. The Morgan fingerprint density at radius 3 is 2.79 bits per heavy atom. The van der Waals surface area contributed by atoms with Gasteiger partial charge in [0.1, 0.15) is 6.07 Å². The van der Waals surface area contributed by atoms with Crippen molar-refractivity contribution in [3.63, 3.8) is 0 Å². The molecule has 3 nitrogen and oxygen atoms in total. The molecule has 4 heteroatoms. The van der Waals surface area contributed by atoms with Crippen molar-refractivity contribution in [3.8, 4) is 6.07 Å². The predicted octanol–water partition coefficient (Wildman–Crippen LogP) is 3.83. The summed E-state index contributed by atoms with van der Waals surface area (Å²) in [7, 11) is 1.95. The van der Waals surface area contributed by atoms with E-state index in [9.17, 15) is 5.26 Å². The third-order valence-electron chi connectivity index (χ3n) is 2.81. The fourth-order valence-corrected chi connectivity index (χ4v) is 2.66. The summed E-state index contributed by atoms with van der Waals surface area (Å²) in [5.41, 5.74) is 2.60. The van der Waals surface area contributed by atoms with Gasteiger partial charge < -0.3 is 4.90 Å². The van der Waals surface area contributed by atoms with Crippen LogP contribution in [0.25, 0.3) is 0 Å². The number of anilines is 2. The maximum Gasteiger partial charge on any atom is 0.103 e. The SMILES string of the molecule is CCSc1cccc(N(C)c2cccnc2)c1C#N. The molecule has 0 spiro atoms. The first-order valence-corrected chi connectivity index (χ1v) is 7.06. The molecule has 0 saturated heterocycles. The van der Waals surface area contributed by atoms with Crippen LogP contribution in [-0.2, 0) is 0 Å². The van der Waals surface area contributed by atoms with Crippen LogP contribution in [0.3, 0.4) is 0 Å². The molecule has 2 rings (SSSR count). The lowest BCUT2D eigenvalue weighted by Crippen LogP contribution is -2.11. The van der Waals surface area contributed by atoms with E-state index >= 15 is 0 Å². The van der Waals surface area contributed by atoms with Crippen LogP contribution in [-0.4, -0.2) is 17.8 Å². The van der Waals surface area contributed by atoms with E-state index in [0.717, 1.165) is 27.6 Å². The van der Waals surface area contributed by atoms with Gasteiger partial charge in [0, 0.05) is 18.1 Å². The highest BCUT2D eigenvalue weighted by atomic mass is 32.2. The molecular weight excluding hydrogens is 254 g/mol. The van der Waals surface area contributed by atoms with Crippen molar-refractivity contribution in [1.82, 2.24) is 4.98 Å². The third kappa shape index (κ3) is 2.88. The summed E-state index contributed by atoms with van der Waals surface area (Å²) in [6, 6.07) is 12.1. The standard InChI is InChI=1S/C15H15N3S/c1-3-19-15-8-4-7-14(13(15)10-16)18(2)12-6-5-9-17-11-12/h4-9,11H,3H2,1-2H3. The quantitative estimate of drug-likeness (QED) is 0.791. The monoisotopic (exact) mass is 269 g/mol. The van der Waals surface area contributed by atoms with E-state index < -0.39 is 0 Å². The minimum atomic E-state index is 0.723. The molecule has 96 valence electrons. The summed E-state index contributed by atoms with van der Waals surface area (Å²) in [5.74, 6) is 0.953. The van der Waals surface area contributed by atoms with Crippen LogP contribution in [0.2, 0.25) is 0 Å². The first-order chi connectivity index (χ1) is 9.27. The van der Waals surface area contributed by atoms with Gasteiger partial charge in [0.25, 0.3) is 0 Å². The molecule has 0 atom stereocenters. The molecular formula is C15H15N3S. The number of nitrogens with zero attached hydrogens (tertiary/aromatic N) is 3. The second kappa shape index (κ2) is 6.26. The Balaban J connectivity index is 2.45. The fourth-order valence-electron chi connectivity index (χ4n) is 1.88. The Morgan fingerprint density at radius 1 is 1.32 bits per heavy atom. The Bertz CT molecular complexity index is 590. The highest BCUT2D eigenvalue weighted by Crippen LogP contribution is 2.32. The van der Waals surface area contributed by atoms with Crippen molar-refractivity contribution in [2.24, 2.45) is 0 Å². The van der Waals surface area contributed by atoms with E-state index in [-0.39, 0.29) is 0 Å². The van der Waals surface area contributed by atoms with Gasteiger partial charge in [-0.2, -0.15) is 5.26 Å². The van der Waals surface area contributed by atoms with Gasteiger partial charge >= 0.3 is 0 Å². The Morgan fingerprint density at radius 2 is 2.16 bits per heavy atom. The van der Waals surface area contributed by atoms with Crippen molar-refractivity contribution >= 4 is 23.1 Å². The summed E-state index contributed by atoms with van der Waals surface area (Å²) < 4.78 is 0. The van der Waals surface area contributed by atoms with Gasteiger partial charge in [0.15, 0.2) is 0 Å². The number of rotatable bonds is 4. The molecule has 1 aromatic carbocycles. The molecule has 0 radical (unpaired) electrons. The zero-order valence-corrected chi connectivity index (χ0v) is 11.8. The van der Waals surface area contributed by atoms with Crippen molar-refractivity contribution in [3.05, 3.63) is 48.3 Å². The highest BCUT2D eigenvalue weighted by Gasteiger charge is 2.12. The smallest absolute Gasteiger partial charge is 0.103 e. The molecule has 0 saturated carbocycles. The summed E-state index contributed by atoms with van der Waals surface area (Å²) >= 11 is 1.69. The largest absolute Gasteiger partial charge is 0.342 e. The fraction of sp³-hybridized carbons (Fsp3) is 0.200. The highest BCUT2D eigenvalue weighted by molar-refractivity contribution is 7.99. The van der Waals surface area contributed by atoms with E-state index in [1.807, 2.05) is 42.3 Å². The average molecular weight is 269 g/mol. The van der Waals surface area contributed by atoms with Crippen LogP contribution >= 0.6 is 11.8 Å². The molecule has 0 bridgehead atoms. The van der Waals surface area contributed by atoms with E-state index in [1.54, 1.807) is 24.2 Å². The number of pyridine rings is 1. The van der Waals surface area contributed by atoms with Crippen molar-refractivity contribution < 1.29 is 0 Å². The molecule has 0 aliphatic carbocycles. The second-order valence-electron chi connectivity index (χ2n) is 3.97. The molecule has 1 aromatic heterocycles. The van der Waals surface area contributed by atoms with Gasteiger partial charge in [-0.15, -0.1) is 11.8 Å². The maximum atomic E-state index is 9.42. The van der Waals surface area contributed by atoms with Crippen LogP contribution in [0.1, 0.15) is 12.5 Å². The van der Waals surface area contributed by atoms with Crippen molar-refractivity contribution in [2.45, 2.75) is 11.8 Å². The normalized spacial score (nSPS) is 9.95. The number of benzene rings is 1. The zero-order chi connectivity index (χ0) is 13.7. The molecule has 1 heterocycles. The molecule has 0 unspecified atom stereocenters. The van der Waals surface area contributed by atoms with Crippen LogP contribution in [0.15, 0.2) is 47.6 Å². The Kier molecular flexibility index (Phi) is 4.43. The van der Waals surface area contributed by atoms with Gasteiger partial charge in [0.2, 0.25) is 0 Å². The van der Waals surface area contributed by atoms with Crippen molar-refractivity contribution in [1.29, 1.82) is 5.26 Å². The lowest BCUT2D eigenvalue weighted by molar-refractivity contribution is 1.15. The number of aromatic nitrogens is 1. The molecule has 0 N–H and O–H groups in total.